The number of carbonyl (C=O) groups is 1. The molecule has 2 aromatic rings. The summed E-state index contributed by atoms with van der Waals surface area (Å²) in [5.41, 5.74) is 0.860. The van der Waals surface area contributed by atoms with E-state index >= 15 is 0 Å². The molecule has 2 N–H and O–H groups in total. The van der Waals surface area contributed by atoms with E-state index < -0.39 is 0 Å². The standard InChI is InChI=1S/C18H21NO3/c1-13(14(2)22-17-6-4-3-5-7-17)19-18(21)12-15-8-10-16(20)11-9-15/h3-11,13-14,20H,12H2,1-2H3,(H,19,21). The topological polar surface area (TPSA) is 58.6 Å². The Morgan fingerprint density at radius 3 is 2.36 bits per heavy atom. The van der Waals surface area contributed by atoms with Crippen LogP contribution in [0.3, 0.4) is 0 Å². The van der Waals surface area contributed by atoms with Crippen LogP contribution in [0.5, 0.6) is 11.5 Å². The molecule has 2 rings (SSSR count). The predicted octanol–water partition coefficient (Wildman–Crippen LogP) is 2.91. The fraction of sp³-hybridized carbons (Fsp3) is 0.278. The lowest BCUT2D eigenvalue weighted by molar-refractivity contribution is -0.121. The minimum absolute atomic E-state index is 0.0679. The van der Waals surface area contributed by atoms with Gasteiger partial charge in [0.25, 0.3) is 0 Å². The van der Waals surface area contributed by atoms with Crippen molar-refractivity contribution in [1.82, 2.24) is 5.32 Å². The first-order valence-electron chi connectivity index (χ1n) is 7.33. The van der Waals surface area contributed by atoms with Gasteiger partial charge in [-0.05, 0) is 43.7 Å². The van der Waals surface area contributed by atoms with Crippen molar-refractivity contribution >= 4 is 5.91 Å². The zero-order valence-corrected chi connectivity index (χ0v) is 12.8. The maximum absolute atomic E-state index is 12.0. The van der Waals surface area contributed by atoms with Crippen LogP contribution in [-0.4, -0.2) is 23.2 Å². The van der Waals surface area contributed by atoms with Crippen molar-refractivity contribution in [1.29, 1.82) is 0 Å². The number of rotatable bonds is 6. The number of nitrogens with one attached hydrogen (secondary N) is 1. The molecule has 4 heteroatoms. The van der Waals surface area contributed by atoms with Crippen LogP contribution in [0.15, 0.2) is 54.6 Å². The summed E-state index contributed by atoms with van der Waals surface area (Å²) in [6.45, 7) is 3.85. The number of para-hydroxylation sites is 1. The van der Waals surface area contributed by atoms with Crippen LogP contribution in [0.25, 0.3) is 0 Å². The fourth-order valence-electron chi connectivity index (χ4n) is 2.04. The molecule has 0 aliphatic heterocycles. The third kappa shape index (κ3) is 4.81. The molecular formula is C18H21NO3. The molecule has 22 heavy (non-hydrogen) atoms. The first kappa shape index (κ1) is 15.9. The number of hydrogen-bond acceptors (Lipinski definition) is 3. The van der Waals surface area contributed by atoms with E-state index in [9.17, 15) is 9.90 Å². The summed E-state index contributed by atoms with van der Waals surface area (Å²) in [7, 11) is 0. The van der Waals surface area contributed by atoms with E-state index in [1.165, 1.54) is 0 Å². The van der Waals surface area contributed by atoms with E-state index in [-0.39, 0.29) is 30.2 Å². The number of phenolic OH excluding ortho intramolecular Hbond substituents is 1. The Balaban J connectivity index is 1.83. The summed E-state index contributed by atoms with van der Waals surface area (Å²) >= 11 is 0. The lowest BCUT2D eigenvalue weighted by Gasteiger charge is -2.22. The molecule has 0 bridgehead atoms. The Hall–Kier alpha value is -2.49. The van der Waals surface area contributed by atoms with Gasteiger partial charge in [0.1, 0.15) is 17.6 Å². The molecule has 0 aromatic heterocycles. The van der Waals surface area contributed by atoms with Gasteiger partial charge in [-0.2, -0.15) is 0 Å². The Bertz CT molecular complexity index is 595. The molecular weight excluding hydrogens is 278 g/mol. The Kier molecular flexibility index (Phi) is 5.42. The summed E-state index contributed by atoms with van der Waals surface area (Å²) in [6.07, 6.45) is 0.147. The van der Waals surface area contributed by atoms with Crippen LogP contribution in [0.4, 0.5) is 0 Å². The first-order valence-corrected chi connectivity index (χ1v) is 7.33. The van der Waals surface area contributed by atoms with Crippen LogP contribution in [0.2, 0.25) is 0 Å². The Morgan fingerprint density at radius 1 is 1.09 bits per heavy atom. The van der Waals surface area contributed by atoms with Crippen molar-refractivity contribution in [3.8, 4) is 11.5 Å². The molecule has 1 amide bonds. The highest BCUT2D eigenvalue weighted by Gasteiger charge is 2.16. The highest BCUT2D eigenvalue weighted by molar-refractivity contribution is 5.78. The molecule has 0 saturated heterocycles. The molecule has 0 saturated carbocycles. The molecule has 0 aliphatic carbocycles. The second kappa shape index (κ2) is 7.50. The van der Waals surface area contributed by atoms with Gasteiger partial charge >= 0.3 is 0 Å². The van der Waals surface area contributed by atoms with Crippen molar-refractivity contribution < 1.29 is 14.6 Å². The number of benzene rings is 2. The number of ether oxygens (including phenoxy) is 1. The minimum Gasteiger partial charge on any atom is -0.508 e. The zero-order valence-electron chi connectivity index (χ0n) is 12.8. The molecule has 0 aliphatic rings. The quantitative estimate of drug-likeness (QED) is 0.862. The third-order valence-electron chi connectivity index (χ3n) is 3.46. The lowest BCUT2D eigenvalue weighted by Crippen LogP contribution is -2.43. The number of hydrogen-bond donors (Lipinski definition) is 2. The SMILES string of the molecule is CC(NC(=O)Cc1ccc(O)cc1)C(C)Oc1ccccc1. The van der Waals surface area contributed by atoms with Crippen molar-refractivity contribution in [2.75, 3.05) is 0 Å². The largest absolute Gasteiger partial charge is 0.508 e. The van der Waals surface area contributed by atoms with E-state index in [1.807, 2.05) is 44.2 Å². The zero-order chi connectivity index (χ0) is 15.9. The van der Waals surface area contributed by atoms with Crippen molar-refractivity contribution in [2.24, 2.45) is 0 Å². The highest BCUT2D eigenvalue weighted by atomic mass is 16.5. The summed E-state index contributed by atoms with van der Waals surface area (Å²) in [6, 6.07) is 16.1. The monoisotopic (exact) mass is 299 g/mol. The lowest BCUT2D eigenvalue weighted by atomic mass is 10.1. The van der Waals surface area contributed by atoms with Gasteiger partial charge in [-0.25, -0.2) is 0 Å². The second-order valence-electron chi connectivity index (χ2n) is 5.34. The first-order chi connectivity index (χ1) is 10.5. The molecule has 0 fully saturated rings. The van der Waals surface area contributed by atoms with Gasteiger partial charge in [0.15, 0.2) is 0 Å². The number of aromatic hydroxyl groups is 1. The predicted molar refractivity (Wildman–Crippen MR) is 85.9 cm³/mol. The molecule has 0 spiro atoms. The van der Waals surface area contributed by atoms with Crippen molar-refractivity contribution in [2.45, 2.75) is 32.4 Å². The van der Waals surface area contributed by atoms with Gasteiger partial charge in [-0.15, -0.1) is 0 Å². The van der Waals surface area contributed by atoms with E-state index in [0.29, 0.717) is 0 Å². The second-order valence-corrected chi connectivity index (χ2v) is 5.34. The van der Waals surface area contributed by atoms with Crippen LogP contribution in [0, 0.1) is 0 Å². The van der Waals surface area contributed by atoms with Crippen LogP contribution >= 0.6 is 0 Å². The minimum atomic E-state index is -0.133. The van der Waals surface area contributed by atoms with Crippen LogP contribution < -0.4 is 10.1 Å². The number of carbonyl (C=O) groups excluding carboxylic acids is 1. The molecule has 2 atom stereocenters. The van der Waals surface area contributed by atoms with Gasteiger partial charge in [-0.3, -0.25) is 4.79 Å². The maximum Gasteiger partial charge on any atom is 0.224 e. The van der Waals surface area contributed by atoms with Crippen LogP contribution in [0.1, 0.15) is 19.4 Å². The molecule has 0 heterocycles. The average molecular weight is 299 g/mol. The Labute approximate surface area is 130 Å². The molecule has 0 radical (unpaired) electrons. The third-order valence-corrected chi connectivity index (χ3v) is 3.46. The smallest absolute Gasteiger partial charge is 0.224 e. The summed E-state index contributed by atoms with van der Waals surface area (Å²) in [4.78, 5) is 12.0. The number of phenols is 1. The van der Waals surface area contributed by atoms with Gasteiger partial charge in [-0.1, -0.05) is 30.3 Å². The van der Waals surface area contributed by atoms with E-state index in [1.54, 1.807) is 24.3 Å². The maximum atomic E-state index is 12.0. The summed E-state index contributed by atoms with van der Waals surface area (Å²) in [5, 5.41) is 12.2. The Morgan fingerprint density at radius 2 is 1.73 bits per heavy atom. The fourth-order valence-corrected chi connectivity index (χ4v) is 2.04. The van der Waals surface area contributed by atoms with Gasteiger partial charge in [0, 0.05) is 0 Å². The van der Waals surface area contributed by atoms with Crippen molar-refractivity contribution in [3.05, 3.63) is 60.2 Å². The van der Waals surface area contributed by atoms with E-state index in [4.69, 9.17) is 4.74 Å². The van der Waals surface area contributed by atoms with E-state index in [0.717, 1.165) is 11.3 Å². The summed E-state index contributed by atoms with van der Waals surface area (Å²) in [5.74, 6) is 0.916. The van der Waals surface area contributed by atoms with Crippen molar-refractivity contribution in [3.63, 3.8) is 0 Å². The van der Waals surface area contributed by atoms with Crippen LogP contribution in [-0.2, 0) is 11.2 Å². The normalized spacial score (nSPS) is 13.2. The molecule has 2 unspecified atom stereocenters. The van der Waals surface area contributed by atoms with Gasteiger partial charge < -0.3 is 15.2 Å². The molecule has 116 valence electrons. The van der Waals surface area contributed by atoms with E-state index in [2.05, 4.69) is 5.32 Å². The molecule has 2 aromatic carbocycles. The average Bonchev–Trinajstić information content (AvgIpc) is 2.50. The van der Waals surface area contributed by atoms with Gasteiger partial charge in [0.2, 0.25) is 5.91 Å². The van der Waals surface area contributed by atoms with Gasteiger partial charge in [0.05, 0.1) is 12.5 Å². The molecule has 4 nitrogen and oxygen atoms in total. The summed E-state index contributed by atoms with van der Waals surface area (Å²) < 4.78 is 5.80. The number of amides is 1. The highest BCUT2D eigenvalue weighted by Crippen LogP contribution is 2.13.